The van der Waals surface area contributed by atoms with Crippen LogP contribution in [0, 0.1) is 17.8 Å². The molecular formula is C32H44N2O6. The van der Waals surface area contributed by atoms with E-state index in [1.807, 2.05) is 30.3 Å². The third-order valence-electron chi connectivity index (χ3n) is 8.07. The maximum absolute atomic E-state index is 13.2. The van der Waals surface area contributed by atoms with E-state index in [2.05, 4.69) is 24.1 Å². The van der Waals surface area contributed by atoms with Crippen molar-refractivity contribution in [3.63, 3.8) is 0 Å². The quantitative estimate of drug-likeness (QED) is 0.299. The number of anilines is 1. The molecule has 4 rings (SSSR count). The normalized spacial score (nSPS) is 17.4. The first-order valence-electron chi connectivity index (χ1n) is 14.6. The summed E-state index contributed by atoms with van der Waals surface area (Å²) in [6.45, 7) is 6.23. The number of methoxy groups -OCH3 is 1. The Balaban J connectivity index is 1.36. The number of carboxylic acids is 1. The molecule has 0 radical (unpaired) electrons. The number of benzene rings is 2. The summed E-state index contributed by atoms with van der Waals surface area (Å²) in [6, 6.07) is 13.2. The van der Waals surface area contributed by atoms with Gasteiger partial charge in [-0.3, -0.25) is 9.59 Å². The van der Waals surface area contributed by atoms with Crippen molar-refractivity contribution in [2.24, 2.45) is 17.8 Å². The molecule has 3 N–H and O–H groups in total. The van der Waals surface area contributed by atoms with E-state index >= 15 is 0 Å². The van der Waals surface area contributed by atoms with Gasteiger partial charge in [-0.1, -0.05) is 26.0 Å². The van der Waals surface area contributed by atoms with E-state index in [-0.39, 0.29) is 30.9 Å². The van der Waals surface area contributed by atoms with E-state index in [9.17, 15) is 19.8 Å². The Morgan fingerprint density at radius 2 is 1.80 bits per heavy atom. The van der Waals surface area contributed by atoms with Gasteiger partial charge >= 0.3 is 5.97 Å². The summed E-state index contributed by atoms with van der Waals surface area (Å²) in [5, 5.41) is 22.1. The van der Waals surface area contributed by atoms with Gasteiger partial charge in [0.1, 0.15) is 11.5 Å². The van der Waals surface area contributed by atoms with Crippen LogP contribution in [0.25, 0.3) is 0 Å². The van der Waals surface area contributed by atoms with Crippen LogP contribution in [-0.2, 0) is 4.79 Å². The van der Waals surface area contributed by atoms with E-state index in [1.165, 1.54) is 0 Å². The summed E-state index contributed by atoms with van der Waals surface area (Å²) >= 11 is 0. The van der Waals surface area contributed by atoms with Crippen LogP contribution >= 0.6 is 0 Å². The molecule has 1 aliphatic heterocycles. The van der Waals surface area contributed by atoms with E-state index in [0.717, 1.165) is 55.8 Å². The number of aliphatic hydroxyl groups excluding tert-OH is 1. The van der Waals surface area contributed by atoms with Crippen molar-refractivity contribution in [2.45, 2.75) is 64.3 Å². The van der Waals surface area contributed by atoms with Gasteiger partial charge < -0.3 is 29.9 Å². The monoisotopic (exact) mass is 552 g/mol. The zero-order valence-corrected chi connectivity index (χ0v) is 24.0. The van der Waals surface area contributed by atoms with Gasteiger partial charge in [0.25, 0.3) is 5.91 Å². The van der Waals surface area contributed by atoms with Crippen LogP contribution in [0.5, 0.6) is 11.5 Å². The fraction of sp³-hybridized carbons (Fsp3) is 0.562. The van der Waals surface area contributed by atoms with Crippen LogP contribution in [0.1, 0.15) is 74.2 Å². The Kier molecular flexibility index (Phi) is 10.3. The Hall–Kier alpha value is -3.26. The molecule has 2 aromatic carbocycles. The second kappa shape index (κ2) is 13.9. The standard InChI is InChI=1S/C32H44N2O6/c1-21(2)15-25(19-35)33-32(38)28-10-9-26(39-3)17-30(28)34-13-11-22(12-14-34)20-40-27-6-4-5-24(16-27)29(18-31(36)37)23-7-8-23/h4-6,9-10,16-17,21-23,25,29,35H,7-8,11-15,18-20H2,1-3H3,(H,33,38)(H,36,37)/t25-,29?/m0/s1. The number of amides is 1. The molecule has 1 unspecified atom stereocenters. The summed E-state index contributed by atoms with van der Waals surface area (Å²) in [5.74, 6) is 1.81. The number of hydrogen-bond donors (Lipinski definition) is 3. The molecule has 0 spiro atoms. The molecular weight excluding hydrogens is 508 g/mol. The highest BCUT2D eigenvalue weighted by Crippen LogP contribution is 2.45. The number of nitrogens with one attached hydrogen (secondary N) is 1. The van der Waals surface area contributed by atoms with Crippen LogP contribution < -0.4 is 19.7 Å². The summed E-state index contributed by atoms with van der Waals surface area (Å²) < 4.78 is 11.7. The minimum atomic E-state index is -0.754. The van der Waals surface area contributed by atoms with Crippen LogP contribution in [0.3, 0.4) is 0 Å². The van der Waals surface area contributed by atoms with Gasteiger partial charge in [0, 0.05) is 19.2 Å². The third kappa shape index (κ3) is 8.13. The molecule has 218 valence electrons. The predicted molar refractivity (Wildman–Crippen MR) is 155 cm³/mol. The molecule has 1 saturated carbocycles. The summed E-state index contributed by atoms with van der Waals surface area (Å²) in [7, 11) is 1.62. The highest BCUT2D eigenvalue weighted by Gasteiger charge is 2.34. The molecule has 40 heavy (non-hydrogen) atoms. The van der Waals surface area contributed by atoms with E-state index in [4.69, 9.17) is 9.47 Å². The van der Waals surface area contributed by atoms with Crippen molar-refractivity contribution in [3.05, 3.63) is 53.6 Å². The first kappa shape index (κ1) is 29.7. The van der Waals surface area contributed by atoms with Gasteiger partial charge in [0.05, 0.1) is 44.0 Å². The van der Waals surface area contributed by atoms with Crippen molar-refractivity contribution in [2.75, 3.05) is 38.3 Å². The molecule has 0 aromatic heterocycles. The van der Waals surface area contributed by atoms with Gasteiger partial charge in [-0.05, 0) is 85.6 Å². The second-order valence-electron chi connectivity index (χ2n) is 11.7. The molecule has 1 amide bonds. The maximum Gasteiger partial charge on any atom is 0.303 e. The molecule has 8 heteroatoms. The van der Waals surface area contributed by atoms with Gasteiger partial charge in [-0.25, -0.2) is 0 Å². The molecule has 1 saturated heterocycles. The van der Waals surface area contributed by atoms with Crippen LogP contribution in [0.4, 0.5) is 5.69 Å². The Bertz CT molecular complexity index is 1140. The zero-order chi connectivity index (χ0) is 28.6. The number of rotatable bonds is 14. The second-order valence-corrected chi connectivity index (χ2v) is 11.7. The first-order chi connectivity index (χ1) is 19.3. The molecule has 2 fully saturated rings. The lowest BCUT2D eigenvalue weighted by atomic mass is 9.91. The molecule has 2 atom stereocenters. The number of carbonyl (C=O) groups excluding carboxylic acids is 1. The van der Waals surface area contributed by atoms with Gasteiger partial charge in [0.2, 0.25) is 0 Å². The minimum Gasteiger partial charge on any atom is -0.497 e. The number of carboxylic acid groups (broad SMARTS) is 1. The fourth-order valence-corrected chi connectivity index (χ4v) is 5.74. The molecule has 1 aliphatic carbocycles. The van der Waals surface area contributed by atoms with Gasteiger partial charge in [-0.15, -0.1) is 0 Å². The molecule has 2 aliphatic rings. The highest BCUT2D eigenvalue weighted by atomic mass is 16.5. The molecule has 8 nitrogen and oxygen atoms in total. The van der Waals surface area contributed by atoms with E-state index < -0.39 is 5.97 Å². The maximum atomic E-state index is 13.2. The lowest BCUT2D eigenvalue weighted by Gasteiger charge is -2.35. The smallest absolute Gasteiger partial charge is 0.303 e. The number of hydrogen-bond acceptors (Lipinski definition) is 6. The summed E-state index contributed by atoms with van der Waals surface area (Å²) in [4.78, 5) is 26.8. The summed E-state index contributed by atoms with van der Waals surface area (Å²) in [5.41, 5.74) is 2.48. The lowest BCUT2D eigenvalue weighted by Crippen LogP contribution is -2.40. The topological polar surface area (TPSA) is 108 Å². The molecule has 1 heterocycles. The van der Waals surface area contributed by atoms with Crippen molar-refractivity contribution >= 4 is 17.6 Å². The number of ether oxygens (including phenoxy) is 2. The number of piperidine rings is 1. The highest BCUT2D eigenvalue weighted by molar-refractivity contribution is 6.00. The van der Waals surface area contributed by atoms with Crippen molar-refractivity contribution < 1.29 is 29.3 Å². The number of aliphatic carboxylic acids is 1. The Labute approximate surface area is 237 Å². The van der Waals surface area contributed by atoms with E-state index in [0.29, 0.717) is 42.1 Å². The predicted octanol–water partition coefficient (Wildman–Crippen LogP) is 5.10. The third-order valence-corrected chi connectivity index (χ3v) is 8.07. The van der Waals surface area contributed by atoms with Crippen molar-refractivity contribution in [3.8, 4) is 11.5 Å². The van der Waals surface area contributed by atoms with Crippen LogP contribution in [-0.4, -0.2) is 61.5 Å². The van der Waals surface area contributed by atoms with Crippen LogP contribution in [0.15, 0.2) is 42.5 Å². The van der Waals surface area contributed by atoms with E-state index in [1.54, 1.807) is 19.2 Å². The minimum absolute atomic E-state index is 0.0524. The number of nitrogens with zero attached hydrogens (tertiary/aromatic N) is 1. The SMILES string of the molecule is COc1ccc(C(=O)N[C@H](CO)CC(C)C)c(N2CCC(COc3cccc(C(CC(=O)O)C4CC4)c3)CC2)c1. The Morgan fingerprint density at radius 1 is 1.05 bits per heavy atom. The van der Waals surface area contributed by atoms with Crippen LogP contribution in [0.2, 0.25) is 0 Å². The Morgan fingerprint density at radius 3 is 2.42 bits per heavy atom. The van der Waals surface area contributed by atoms with Gasteiger partial charge in [0.15, 0.2) is 0 Å². The molecule has 2 aromatic rings. The average Bonchev–Trinajstić information content (AvgIpc) is 3.79. The van der Waals surface area contributed by atoms with Crippen molar-refractivity contribution in [1.29, 1.82) is 0 Å². The number of carbonyl (C=O) groups is 2. The number of aliphatic hydroxyl groups is 1. The lowest BCUT2D eigenvalue weighted by molar-refractivity contribution is -0.137. The van der Waals surface area contributed by atoms with Crippen molar-refractivity contribution in [1.82, 2.24) is 5.32 Å². The average molecular weight is 553 g/mol. The fourth-order valence-electron chi connectivity index (χ4n) is 5.74. The summed E-state index contributed by atoms with van der Waals surface area (Å²) in [6.07, 6.45) is 4.91. The van der Waals surface area contributed by atoms with Gasteiger partial charge in [-0.2, -0.15) is 0 Å². The zero-order valence-electron chi connectivity index (χ0n) is 24.0. The molecule has 0 bridgehead atoms. The largest absolute Gasteiger partial charge is 0.497 e. The first-order valence-corrected chi connectivity index (χ1v) is 14.6.